The molecule has 0 aliphatic heterocycles. The first-order valence-electron chi connectivity index (χ1n) is 7.86. The summed E-state index contributed by atoms with van der Waals surface area (Å²) in [4.78, 5) is 4.19. The zero-order valence-electron chi connectivity index (χ0n) is 13.0. The number of aromatic nitrogens is 1. The van der Waals surface area contributed by atoms with Crippen molar-refractivity contribution in [3.8, 4) is 0 Å². The Bertz CT molecular complexity index is 605. The fourth-order valence-electron chi connectivity index (χ4n) is 2.73. The minimum absolute atomic E-state index is 0.0622. The molecule has 0 bridgehead atoms. The zero-order valence-corrected chi connectivity index (χ0v) is 13.0. The lowest BCUT2D eigenvalue weighted by Gasteiger charge is -2.30. The highest BCUT2D eigenvalue weighted by atomic mass is 19.1. The fourth-order valence-corrected chi connectivity index (χ4v) is 2.73. The smallest absolute Gasteiger partial charge is 0.125 e. The van der Waals surface area contributed by atoms with Crippen LogP contribution in [0.25, 0.3) is 10.9 Å². The van der Waals surface area contributed by atoms with Gasteiger partial charge in [0.05, 0.1) is 11.2 Å². The molecule has 1 aromatic heterocycles. The SMILES string of the molecule is CCCCCC(CCO)N(N)c1ccnc2cc(F)ccc12. The normalized spacial score (nSPS) is 12.5. The van der Waals surface area contributed by atoms with E-state index < -0.39 is 0 Å². The van der Waals surface area contributed by atoms with E-state index in [1.807, 2.05) is 6.07 Å². The molecule has 2 aromatic rings. The second-order valence-corrected chi connectivity index (χ2v) is 5.56. The number of halogens is 1. The molecule has 22 heavy (non-hydrogen) atoms. The van der Waals surface area contributed by atoms with Crippen molar-refractivity contribution in [2.45, 2.75) is 45.1 Å². The Hall–Kier alpha value is -1.72. The number of unbranched alkanes of at least 4 members (excludes halogenated alkanes) is 2. The van der Waals surface area contributed by atoms with Crippen LogP contribution in [0.1, 0.15) is 39.0 Å². The minimum Gasteiger partial charge on any atom is -0.396 e. The molecular weight excluding hydrogens is 281 g/mol. The zero-order chi connectivity index (χ0) is 15.9. The molecule has 1 aromatic carbocycles. The summed E-state index contributed by atoms with van der Waals surface area (Å²) in [6.45, 7) is 2.26. The van der Waals surface area contributed by atoms with Gasteiger partial charge in [-0.25, -0.2) is 10.2 Å². The topological polar surface area (TPSA) is 62.4 Å². The third-order valence-corrected chi connectivity index (χ3v) is 3.96. The van der Waals surface area contributed by atoms with E-state index in [4.69, 9.17) is 5.84 Å². The number of benzene rings is 1. The van der Waals surface area contributed by atoms with Crippen molar-refractivity contribution < 1.29 is 9.50 Å². The highest BCUT2D eigenvalue weighted by Gasteiger charge is 2.17. The lowest BCUT2D eigenvalue weighted by molar-refractivity contribution is 0.268. The van der Waals surface area contributed by atoms with E-state index >= 15 is 0 Å². The van der Waals surface area contributed by atoms with E-state index in [2.05, 4.69) is 11.9 Å². The number of rotatable bonds is 8. The van der Waals surface area contributed by atoms with Crippen LogP contribution in [0.2, 0.25) is 0 Å². The number of fused-ring (bicyclic) bond motifs is 1. The van der Waals surface area contributed by atoms with Gasteiger partial charge in [0.1, 0.15) is 5.82 Å². The molecular formula is C17H24FN3O. The van der Waals surface area contributed by atoms with Crippen molar-refractivity contribution in [1.82, 2.24) is 4.98 Å². The van der Waals surface area contributed by atoms with E-state index in [0.29, 0.717) is 11.9 Å². The van der Waals surface area contributed by atoms with Gasteiger partial charge in [0, 0.05) is 30.3 Å². The Morgan fingerprint density at radius 3 is 2.82 bits per heavy atom. The summed E-state index contributed by atoms with van der Waals surface area (Å²) in [5.41, 5.74) is 1.41. The lowest BCUT2D eigenvalue weighted by atomic mass is 10.0. The molecule has 2 rings (SSSR count). The van der Waals surface area contributed by atoms with Gasteiger partial charge in [0.15, 0.2) is 0 Å². The molecule has 0 spiro atoms. The number of nitrogens with two attached hydrogens (primary N) is 1. The maximum absolute atomic E-state index is 13.3. The number of hydrogen-bond donors (Lipinski definition) is 2. The number of hydrogen-bond acceptors (Lipinski definition) is 4. The summed E-state index contributed by atoms with van der Waals surface area (Å²) in [7, 11) is 0. The Balaban J connectivity index is 2.27. The molecule has 0 fully saturated rings. The minimum atomic E-state index is -0.310. The molecule has 0 saturated heterocycles. The molecule has 120 valence electrons. The highest BCUT2D eigenvalue weighted by Crippen LogP contribution is 2.27. The van der Waals surface area contributed by atoms with Crippen LogP contribution >= 0.6 is 0 Å². The summed E-state index contributed by atoms with van der Waals surface area (Å²) in [5.74, 6) is 6.00. The van der Waals surface area contributed by atoms with E-state index in [-0.39, 0.29) is 18.5 Å². The Labute approximate surface area is 130 Å². The third kappa shape index (κ3) is 3.93. The maximum atomic E-state index is 13.3. The van der Waals surface area contributed by atoms with Gasteiger partial charge in [-0.2, -0.15) is 0 Å². The average Bonchev–Trinajstić information content (AvgIpc) is 2.52. The van der Waals surface area contributed by atoms with Crippen molar-refractivity contribution in [2.24, 2.45) is 5.84 Å². The fraction of sp³-hybridized carbons (Fsp3) is 0.471. The van der Waals surface area contributed by atoms with Crippen molar-refractivity contribution in [2.75, 3.05) is 11.6 Å². The first-order valence-corrected chi connectivity index (χ1v) is 7.86. The van der Waals surface area contributed by atoms with Gasteiger partial charge >= 0.3 is 0 Å². The first-order chi connectivity index (χ1) is 10.7. The van der Waals surface area contributed by atoms with Crippen LogP contribution in [0.15, 0.2) is 30.5 Å². The summed E-state index contributed by atoms with van der Waals surface area (Å²) < 4.78 is 13.3. The third-order valence-electron chi connectivity index (χ3n) is 3.96. The number of aliphatic hydroxyl groups is 1. The standard InChI is InChI=1S/C17H24FN3O/c1-2-3-4-5-14(9-11-22)21(19)17-8-10-20-16-12-13(18)6-7-15(16)17/h6-8,10,12,14,22H,2-5,9,11,19H2,1H3. The van der Waals surface area contributed by atoms with Gasteiger partial charge < -0.3 is 10.1 Å². The van der Waals surface area contributed by atoms with Gasteiger partial charge in [0.2, 0.25) is 0 Å². The monoisotopic (exact) mass is 305 g/mol. The molecule has 5 heteroatoms. The molecule has 0 aliphatic carbocycles. The number of pyridine rings is 1. The number of hydrazine groups is 1. The molecule has 1 heterocycles. The summed E-state index contributed by atoms with van der Waals surface area (Å²) in [5, 5.41) is 11.8. The average molecular weight is 305 g/mol. The van der Waals surface area contributed by atoms with Crippen molar-refractivity contribution in [1.29, 1.82) is 0 Å². The molecule has 4 nitrogen and oxygen atoms in total. The first kappa shape index (κ1) is 16.6. The van der Waals surface area contributed by atoms with Crippen molar-refractivity contribution >= 4 is 16.6 Å². The molecule has 3 N–H and O–H groups in total. The van der Waals surface area contributed by atoms with Crippen LogP contribution in [-0.4, -0.2) is 22.7 Å². The predicted molar refractivity (Wildman–Crippen MR) is 88.0 cm³/mol. The van der Waals surface area contributed by atoms with Gasteiger partial charge in [-0.3, -0.25) is 4.98 Å². The second-order valence-electron chi connectivity index (χ2n) is 5.56. The molecule has 0 amide bonds. The van der Waals surface area contributed by atoms with E-state index in [9.17, 15) is 9.50 Å². The maximum Gasteiger partial charge on any atom is 0.125 e. The van der Waals surface area contributed by atoms with Crippen LogP contribution in [-0.2, 0) is 0 Å². The lowest BCUT2D eigenvalue weighted by Crippen LogP contribution is -2.42. The summed E-state index contributed by atoms with van der Waals surface area (Å²) in [6, 6.07) is 6.43. The van der Waals surface area contributed by atoms with Gasteiger partial charge in [-0.1, -0.05) is 26.2 Å². The van der Waals surface area contributed by atoms with E-state index in [1.54, 1.807) is 17.3 Å². The van der Waals surface area contributed by atoms with Gasteiger partial charge in [-0.15, -0.1) is 0 Å². The quantitative estimate of drug-likeness (QED) is 0.446. The molecule has 0 saturated carbocycles. The van der Waals surface area contributed by atoms with E-state index in [1.165, 1.54) is 12.1 Å². The summed E-state index contributed by atoms with van der Waals surface area (Å²) >= 11 is 0. The summed E-state index contributed by atoms with van der Waals surface area (Å²) in [6.07, 6.45) is 6.55. The number of aliphatic hydroxyl groups excluding tert-OH is 1. The molecule has 0 aliphatic rings. The molecule has 1 unspecified atom stereocenters. The number of nitrogens with zero attached hydrogens (tertiary/aromatic N) is 2. The van der Waals surface area contributed by atoms with Crippen molar-refractivity contribution in [3.05, 3.63) is 36.3 Å². The highest BCUT2D eigenvalue weighted by molar-refractivity contribution is 5.91. The van der Waals surface area contributed by atoms with Crippen LogP contribution in [0.3, 0.4) is 0 Å². The van der Waals surface area contributed by atoms with Gasteiger partial charge in [0.25, 0.3) is 0 Å². The van der Waals surface area contributed by atoms with E-state index in [0.717, 1.165) is 36.8 Å². The van der Waals surface area contributed by atoms with Crippen LogP contribution in [0.4, 0.5) is 10.1 Å². The largest absolute Gasteiger partial charge is 0.396 e. The second kappa shape index (κ2) is 8.06. The van der Waals surface area contributed by atoms with Gasteiger partial charge in [-0.05, 0) is 31.0 Å². The Morgan fingerprint density at radius 2 is 2.09 bits per heavy atom. The van der Waals surface area contributed by atoms with Crippen LogP contribution in [0.5, 0.6) is 0 Å². The van der Waals surface area contributed by atoms with Crippen LogP contribution in [0, 0.1) is 5.82 Å². The van der Waals surface area contributed by atoms with Crippen LogP contribution < -0.4 is 10.9 Å². The molecule has 0 radical (unpaired) electrons. The molecule has 1 atom stereocenters. The van der Waals surface area contributed by atoms with Crippen molar-refractivity contribution in [3.63, 3.8) is 0 Å². The Kier molecular flexibility index (Phi) is 6.10. The Morgan fingerprint density at radius 1 is 1.27 bits per heavy atom. The predicted octanol–water partition coefficient (Wildman–Crippen LogP) is 3.39. The number of anilines is 1.